The van der Waals surface area contributed by atoms with Gasteiger partial charge in [0.25, 0.3) is 0 Å². The molecule has 1 aliphatic rings. The molecular formula is C12H30. The molecular weight excluding hydrogens is 144 g/mol. The Morgan fingerprint density at radius 2 is 0.917 bits per heavy atom. The fraction of sp³-hybridized carbons (Fsp3) is 1.00. The molecule has 0 spiro atoms. The Morgan fingerprint density at radius 1 is 0.833 bits per heavy atom. The third-order valence-corrected chi connectivity index (χ3v) is 0.866. The van der Waals surface area contributed by atoms with E-state index in [1.165, 1.54) is 25.7 Å². The highest BCUT2D eigenvalue weighted by molar-refractivity contribution is 4.65. The smallest absolute Gasteiger partial charge is 0.0443 e. The van der Waals surface area contributed by atoms with Crippen molar-refractivity contribution in [2.75, 3.05) is 0 Å². The Bertz CT molecular complexity index is 33.3. The van der Waals surface area contributed by atoms with Crippen LogP contribution in [0.3, 0.4) is 0 Å². The van der Waals surface area contributed by atoms with Gasteiger partial charge in [0.2, 0.25) is 0 Å². The van der Waals surface area contributed by atoms with Crippen molar-refractivity contribution in [2.24, 2.45) is 5.92 Å². The van der Waals surface area contributed by atoms with Gasteiger partial charge in [-0.25, -0.2) is 0 Å². The lowest BCUT2D eigenvalue weighted by Crippen LogP contribution is -1.42. The highest BCUT2D eigenvalue weighted by atomic mass is 14.2. The van der Waals surface area contributed by atoms with Crippen molar-refractivity contribution < 1.29 is 0 Å². The molecule has 0 atom stereocenters. The van der Waals surface area contributed by atoms with Gasteiger partial charge in [0.05, 0.1) is 0 Å². The highest BCUT2D eigenvalue weighted by Gasteiger charge is 2.12. The summed E-state index contributed by atoms with van der Waals surface area (Å²) in [5, 5.41) is 0. The third-order valence-electron chi connectivity index (χ3n) is 0.866. The van der Waals surface area contributed by atoms with E-state index in [1.54, 1.807) is 0 Å². The number of rotatable bonds is 0. The van der Waals surface area contributed by atoms with Crippen molar-refractivity contribution in [1.29, 1.82) is 0 Å². The summed E-state index contributed by atoms with van der Waals surface area (Å²) in [7, 11) is 0. The molecule has 0 unspecified atom stereocenters. The van der Waals surface area contributed by atoms with Crippen molar-refractivity contribution in [3.8, 4) is 0 Å². The topological polar surface area (TPSA) is 0 Å². The van der Waals surface area contributed by atoms with Crippen molar-refractivity contribution in [3.05, 3.63) is 0 Å². The maximum absolute atomic E-state index is 2.28. The predicted octanol–water partition coefficient (Wildman–Crippen LogP) is 5.28. The predicted molar refractivity (Wildman–Crippen MR) is 61.7 cm³/mol. The maximum atomic E-state index is 2.28. The molecule has 0 heterocycles. The maximum Gasteiger partial charge on any atom is -0.0443 e. The molecule has 0 N–H and O–H groups in total. The molecule has 1 saturated carbocycles. The minimum absolute atomic E-state index is 1.08. The van der Waals surface area contributed by atoms with Gasteiger partial charge in [-0.15, -0.1) is 0 Å². The van der Waals surface area contributed by atoms with Crippen LogP contribution in [0, 0.1) is 5.92 Å². The lowest BCUT2D eigenvalue weighted by Gasteiger charge is -1.53. The first kappa shape index (κ1) is 17.9. The second kappa shape index (κ2) is 22.4. The van der Waals surface area contributed by atoms with Crippen LogP contribution in [0.2, 0.25) is 0 Å². The van der Waals surface area contributed by atoms with Gasteiger partial charge in [0, 0.05) is 0 Å². The van der Waals surface area contributed by atoms with Gasteiger partial charge in [-0.3, -0.25) is 0 Å². The summed E-state index contributed by atoms with van der Waals surface area (Å²) in [5.41, 5.74) is 0. The number of hydrogen-bond donors (Lipinski definition) is 0. The fourth-order valence-corrected chi connectivity index (χ4v) is 0.167. The Morgan fingerprint density at radius 3 is 0.917 bits per heavy atom. The van der Waals surface area contributed by atoms with Crippen molar-refractivity contribution in [2.45, 2.75) is 74.1 Å². The van der Waals surface area contributed by atoms with E-state index in [4.69, 9.17) is 0 Å². The molecule has 0 radical (unpaired) electrons. The Kier molecular flexibility index (Phi) is 33.5. The molecule has 0 aromatic heterocycles. The molecule has 0 aromatic carbocycles. The minimum atomic E-state index is 1.08. The minimum Gasteiger partial charge on any atom is -0.0683 e. The van der Waals surface area contributed by atoms with E-state index in [2.05, 4.69) is 34.6 Å². The Hall–Kier alpha value is 0. The summed E-state index contributed by atoms with van der Waals surface area (Å²) >= 11 is 0. The van der Waals surface area contributed by atoms with Gasteiger partial charge >= 0.3 is 0 Å². The van der Waals surface area contributed by atoms with Gasteiger partial charge < -0.3 is 0 Å². The molecule has 0 aliphatic heterocycles. The van der Waals surface area contributed by atoms with Gasteiger partial charge in [-0.05, 0) is 5.92 Å². The van der Waals surface area contributed by atoms with Crippen LogP contribution in [0.1, 0.15) is 74.1 Å². The molecule has 1 aliphatic carbocycles. The summed E-state index contributed by atoms with van der Waals surface area (Å²) in [6.07, 6.45) is 5.47. The summed E-state index contributed by atoms with van der Waals surface area (Å²) in [4.78, 5) is 0. The van der Waals surface area contributed by atoms with Gasteiger partial charge in [0.1, 0.15) is 0 Å². The second-order valence-corrected chi connectivity index (χ2v) is 3.10. The van der Waals surface area contributed by atoms with Crippen molar-refractivity contribution in [3.63, 3.8) is 0 Å². The summed E-state index contributed by atoms with van der Waals surface area (Å²) in [6, 6.07) is 0. The van der Waals surface area contributed by atoms with E-state index >= 15 is 0 Å². The molecule has 0 saturated heterocycles. The average Bonchev–Trinajstić information content (AvgIpc) is 2.79. The Balaban J connectivity index is -0.0000000940. The molecule has 12 heavy (non-hydrogen) atoms. The van der Waals surface area contributed by atoms with E-state index in [0.717, 1.165) is 5.92 Å². The Labute approximate surface area is 80.8 Å². The van der Waals surface area contributed by atoms with Gasteiger partial charge in [0.15, 0.2) is 0 Å². The summed E-state index contributed by atoms with van der Waals surface area (Å²) in [6.45, 7) is 14.8. The molecule has 78 valence electrons. The van der Waals surface area contributed by atoms with Gasteiger partial charge in [-0.1, -0.05) is 74.1 Å². The van der Waals surface area contributed by atoms with Crippen LogP contribution in [-0.2, 0) is 0 Å². The van der Waals surface area contributed by atoms with Crippen LogP contribution < -0.4 is 0 Å². The fourth-order valence-electron chi connectivity index (χ4n) is 0.167. The van der Waals surface area contributed by atoms with Crippen LogP contribution in [0.4, 0.5) is 0 Å². The van der Waals surface area contributed by atoms with Crippen LogP contribution in [0.15, 0.2) is 0 Å². The molecule has 1 fully saturated rings. The second-order valence-electron chi connectivity index (χ2n) is 3.10. The normalized spacial score (nSPS) is 12.2. The SMILES string of the molecule is CC.CC1CC1.CCC.CCC. The van der Waals surface area contributed by atoms with E-state index in [1.807, 2.05) is 13.8 Å². The van der Waals surface area contributed by atoms with E-state index in [0.29, 0.717) is 0 Å². The first-order valence-corrected chi connectivity index (χ1v) is 5.72. The zero-order valence-electron chi connectivity index (χ0n) is 10.4. The summed E-state index contributed by atoms with van der Waals surface area (Å²) in [5.74, 6) is 1.08. The van der Waals surface area contributed by atoms with E-state index in [9.17, 15) is 0 Å². The average molecular weight is 174 g/mol. The monoisotopic (exact) mass is 174 g/mol. The highest BCUT2D eigenvalue weighted by Crippen LogP contribution is 2.26. The third kappa shape index (κ3) is 90.0. The van der Waals surface area contributed by atoms with Crippen LogP contribution in [0.25, 0.3) is 0 Å². The lowest BCUT2D eigenvalue weighted by atomic mass is 10.5. The van der Waals surface area contributed by atoms with Crippen LogP contribution in [0.5, 0.6) is 0 Å². The zero-order valence-corrected chi connectivity index (χ0v) is 10.4. The molecule has 0 nitrogen and oxygen atoms in total. The zero-order chi connectivity index (χ0) is 10.4. The van der Waals surface area contributed by atoms with Crippen molar-refractivity contribution >= 4 is 0 Å². The quantitative estimate of drug-likeness (QED) is 0.469. The molecule has 0 bridgehead atoms. The molecule has 0 amide bonds. The van der Waals surface area contributed by atoms with Gasteiger partial charge in [-0.2, -0.15) is 0 Å². The summed E-state index contributed by atoms with van der Waals surface area (Å²) < 4.78 is 0. The first-order chi connectivity index (χ1) is 5.72. The van der Waals surface area contributed by atoms with Crippen LogP contribution in [-0.4, -0.2) is 0 Å². The molecule has 0 aromatic rings. The number of hydrogen-bond acceptors (Lipinski definition) is 0. The first-order valence-electron chi connectivity index (χ1n) is 5.72. The van der Waals surface area contributed by atoms with E-state index < -0.39 is 0 Å². The van der Waals surface area contributed by atoms with Crippen molar-refractivity contribution in [1.82, 2.24) is 0 Å². The lowest BCUT2D eigenvalue weighted by molar-refractivity contribution is 0.983. The molecule has 0 heteroatoms. The van der Waals surface area contributed by atoms with Crippen LogP contribution >= 0.6 is 0 Å². The largest absolute Gasteiger partial charge is 0.0683 e. The molecule has 1 rings (SSSR count). The standard InChI is InChI=1S/C4H8.2C3H8.C2H6/c1-4-2-3-4;2*1-3-2;1-2/h4H,2-3H2,1H3;2*3H2,1-2H3;1-2H3. The van der Waals surface area contributed by atoms with E-state index in [-0.39, 0.29) is 0 Å².